The molecule has 0 saturated carbocycles. The number of carbonyl (C=O) groups is 1. The molecule has 0 aliphatic carbocycles. The molecule has 1 amide bonds. The smallest absolute Gasteiger partial charge is 0.328 e. The van der Waals surface area contributed by atoms with Crippen molar-refractivity contribution in [3.05, 3.63) is 53.1 Å². The van der Waals surface area contributed by atoms with E-state index in [4.69, 9.17) is 0 Å². The third kappa shape index (κ3) is 5.13. The molecule has 0 spiro atoms. The Balaban J connectivity index is 2.00. The SMILES string of the molecule is CCCN1C(C)=NS(=O)(=O)c2cc(C(=O)Nc3cc(C(F)(F)F)cc(C(F)(F)F)c3)ccc21. The van der Waals surface area contributed by atoms with Crippen LogP contribution in [0.3, 0.4) is 0 Å². The second-order valence-electron chi connectivity index (χ2n) is 7.20. The van der Waals surface area contributed by atoms with Crippen LogP contribution >= 0.6 is 0 Å². The van der Waals surface area contributed by atoms with Gasteiger partial charge < -0.3 is 10.2 Å². The number of sulfonamides is 1. The van der Waals surface area contributed by atoms with Crippen LogP contribution in [0.25, 0.3) is 0 Å². The highest BCUT2D eigenvalue weighted by Crippen LogP contribution is 2.38. The predicted octanol–water partition coefficient (Wildman–Crippen LogP) is 5.31. The lowest BCUT2D eigenvalue weighted by molar-refractivity contribution is -0.143. The van der Waals surface area contributed by atoms with Gasteiger partial charge in [0.2, 0.25) is 0 Å². The minimum absolute atomic E-state index is 0.0657. The number of rotatable bonds is 4. The summed E-state index contributed by atoms with van der Waals surface area (Å²) < 4.78 is 107. The molecule has 0 atom stereocenters. The Bertz CT molecular complexity index is 1200. The zero-order chi connectivity index (χ0) is 24.8. The number of benzene rings is 2. The number of fused-ring (bicyclic) bond motifs is 1. The minimum atomic E-state index is -5.08. The number of nitrogens with zero attached hydrogens (tertiary/aromatic N) is 2. The van der Waals surface area contributed by atoms with Gasteiger partial charge >= 0.3 is 12.4 Å². The van der Waals surface area contributed by atoms with E-state index in [1.54, 1.807) is 4.90 Å². The van der Waals surface area contributed by atoms with Gasteiger partial charge in [0, 0.05) is 17.8 Å². The molecule has 1 aliphatic heterocycles. The van der Waals surface area contributed by atoms with E-state index in [2.05, 4.69) is 4.40 Å². The van der Waals surface area contributed by atoms with Gasteiger partial charge in [-0.15, -0.1) is 4.40 Å². The minimum Gasteiger partial charge on any atom is -0.328 e. The lowest BCUT2D eigenvalue weighted by Crippen LogP contribution is -2.34. The van der Waals surface area contributed by atoms with E-state index in [1.807, 2.05) is 12.2 Å². The van der Waals surface area contributed by atoms with Crippen LogP contribution in [0.1, 0.15) is 41.8 Å². The average molecular weight is 493 g/mol. The Hall–Kier alpha value is -3.09. The van der Waals surface area contributed by atoms with Gasteiger partial charge in [0.05, 0.1) is 16.8 Å². The quantitative estimate of drug-likeness (QED) is 0.586. The van der Waals surface area contributed by atoms with Crippen molar-refractivity contribution < 1.29 is 39.6 Å². The van der Waals surface area contributed by atoms with Gasteiger partial charge in [0.15, 0.2) is 0 Å². The molecule has 3 rings (SSSR count). The van der Waals surface area contributed by atoms with Gasteiger partial charge in [-0.1, -0.05) is 6.92 Å². The van der Waals surface area contributed by atoms with Crippen molar-refractivity contribution in [2.24, 2.45) is 4.40 Å². The summed E-state index contributed by atoms with van der Waals surface area (Å²) in [4.78, 5) is 13.9. The van der Waals surface area contributed by atoms with E-state index in [9.17, 15) is 39.6 Å². The van der Waals surface area contributed by atoms with Crippen molar-refractivity contribution in [1.29, 1.82) is 0 Å². The van der Waals surface area contributed by atoms with Crippen LogP contribution < -0.4 is 10.2 Å². The summed E-state index contributed by atoms with van der Waals surface area (Å²) in [6, 6.07) is 4.20. The molecule has 178 valence electrons. The van der Waals surface area contributed by atoms with E-state index in [0.29, 0.717) is 25.1 Å². The summed E-state index contributed by atoms with van der Waals surface area (Å²) in [5, 5.41) is 1.98. The van der Waals surface area contributed by atoms with Gasteiger partial charge in [-0.05, 0) is 49.7 Å². The van der Waals surface area contributed by atoms with Crippen LogP contribution in [0.2, 0.25) is 0 Å². The molecule has 0 aromatic heterocycles. The lowest BCUT2D eigenvalue weighted by atomic mass is 10.1. The van der Waals surface area contributed by atoms with E-state index >= 15 is 0 Å². The van der Waals surface area contributed by atoms with E-state index in [0.717, 1.165) is 6.07 Å². The molecule has 0 saturated heterocycles. The first-order chi connectivity index (χ1) is 15.1. The first-order valence-electron chi connectivity index (χ1n) is 9.47. The molecule has 2 aromatic rings. The highest BCUT2D eigenvalue weighted by atomic mass is 32.2. The normalized spacial score (nSPS) is 15.6. The van der Waals surface area contributed by atoms with Crippen molar-refractivity contribution in [2.45, 2.75) is 37.5 Å². The zero-order valence-corrected chi connectivity index (χ0v) is 18.0. The molecular weight excluding hydrogens is 476 g/mol. The van der Waals surface area contributed by atoms with Gasteiger partial charge in [-0.25, -0.2) is 0 Å². The highest BCUT2D eigenvalue weighted by Gasteiger charge is 2.37. The fraction of sp³-hybridized carbons (Fsp3) is 0.300. The van der Waals surface area contributed by atoms with Crippen LogP contribution in [-0.2, 0) is 22.4 Å². The maximum atomic E-state index is 13.0. The molecule has 0 bridgehead atoms. The van der Waals surface area contributed by atoms with Gasteiger partial charge in [-0.3, -0.25) is 4.79 Å². The molecule has 6 nitrogen and oxygen atoms in total. The summed E-state index contributed by atoms with van der Waals surface area (Å²) in [6.07, 6.45) is -9.51. The molecule has 1 N–H and O–H groups in total. The van der Waals surface area contributed by atoms with Crippen molar-refractivity contribution in [1.82, 2.24) is 0 Å². The van der Waals surface area contributed by atoms with E-state index < -0.39 is 45.1 Å². The molecule has 33 heavy (non-hydrogen) atoms. The van der Waals surface area contributed by atoms with Gasteiger partial charge in [-0.2, -0.15) is 34.8 Å². The number of halogens is 6. The first kappa shape index (κ1) is 24.6. The van der Waals surface area contributed by atoms with Crippen LogP contribution in [-0.4, -0.2) is 26.7 Å². The maximum Gasteiger partial charge on any atom is 0.416 e. The fourth-order valence-electron chi connectivity index (χ4n) is 3.27. The molecular formula is C20H17F6N3O3S. The summed E-state index contributed by atoms with van der Waals surface area (Å²) in [5.41, 5.74) is -3.96. The molecule has 1 heterocycles. The second-order valence-corrected chi connectivity index (χ2v) is 8.77. The third-order valence-corrected chi connectivity index (χ3v) is 6.11. The Kier molecular flexibility index (Phi) is 6.22. The van der Waals surface area contributed by atoms with Crippen LogP contribution in [0.5, 0.6) is 0 Å². The van der Waals surface area contributed by atoms with Crippen LogP contribution in [0.4, 0.5) is 37.7 Å². The number of hydrogen-bond acceptors (Lipinski definition) is 4. The van der Waals surface area contributed by atoms with Gasteiger partial charge in [0.25, 0.3) is 15.9 Å². The number of alkyl halides is 6. The zero-order valence-electron chi connectivity index (χ0n) is 17.2. The average Bonchev–Trinajstić information content (AvgIpc) is 2.69. The number of amides is 1. The number of hydrogen-bond donors (Lipinski definition) is 1. The van der Waals surface area contributed by atoms with Crippen molar-refractivity contribution in [3.63, 3.8) is 0 Å². The van der Waals surface area contributed by atoms with E-state index in [-0.39, 0.29) is 28.0 Å². The monoisotopic (exact) mass is 493 g/mol. The molecule has 13 heteroatoms. The summed E-state index contributed by atoms with van der Waals surface area (Å²) in [5.74, 6) is -0.862. The fourth-order valence-corrected chi connectivity index (χ4v) is 4.53. The van der Waals surface area contributed by atoms with Crippen molar-refractivity contribution in [3.8, 4) is 0 Å². The maximum absolute atomic E-state index is 13.0. The summed E-state index contributed by atoms with van der Waals surface area (Å²) in [7, 11) is -4.15. The van der Waals surface area contributed by atoms with Gasteiger partial charge in [0.1, 0.15) is 10.7 Å². The Labute approximate surface area is 185 Å². The Morgan fingerprint density at radius 1 is 1.00 bits per heavy atom. The number of anilines is 2. The molecule has 2 aromatic carbocycles. The molecule has 1 aliphatic rings. The summed E-state index contributed by atoms with van der Waals surface area (Å²) >= 11 is 0. The number of nitrogens with one attached hydrogen (secondary N) is 1. The van der Waals surface area contributed by atoms with Crippen LogP contribution in [0.15, 0.2) is 45.7 Å². The first-order valence-corrected chi connectivity index (χ1v) is 10.9. The number of amidine groups is 1. The molecule has 0 fully saturated rings. The standard InChI is InChI=1S/C20H17F6N3O3S/c1-3-6-29-11(2)28-33(31,32)17-7-12(4-5-16(17)29)18(30)27-15-9-13(19(21,22)23)8-14(10-15)20(24,25)26/h4-5,7-10H,3,6H2,1-2H3,(H,27,30). The summed E-state index contributed by atoms with van der Waals surface area (Å²) in [6.45, 7) is 3.80. The third-order valence-electron chi connectivity index (χ3n) is 4.73. The van der Waals surface area contributed by atoms with Crippen LogP contribution in [0, 0.1) is 0 Å². The Morgan fingerprint density at radius 2 is 1.58 bits per heavy atom. The van der Waals surface area contributed by atoms with Crippen molar-refractivity contribution >= 4 is 33.1 Å². The second kappa shape index (κ2) is 8.36. The number of carbonyl (C=O) groups excluding carboxylic acids is 1. The highest BCUT2D eigenvalue weighted by molar-refractivity contribution is 7.90. The Morgan fingerprint density at radius 3 is 2.09 bits per heavy atom. The largest absolute Gasteiger partial charge is 0.416 e. The molecule has 0 unspecified atom stereocenters. The topological polar surface area (TPSA) is 78.8 Å². The van der Waals surface area contributed by atoms with Crippen molar-refractivity contribution in [2.75, 3.05) is 16.8 Å². The lowest BCUT2D eigenvalue weighted by Gasteiger charge is -2.29. The predicted molar refractivity (Wildman–Crippen MR) is 109 cm³/mol. The van der Waals surface area contributed by atoms with E-state index in [1.165, 1.54) is 19.1 Å². The molecule has 0 radical (unpaired) electrons.